The van der Waals surface area contributed by atoms with Gasteiger partial charge in [0, 0.05) is 11.2 Å². The van der Waals surface area contributed by atoms with Gasteiger partial charge >= 0.3 is 0 Å². The van der Waals surface area contributed by atoms with Crippen molar-refractivity contribution < 1.29 is 4.79 Å². The summed E-state index contributed by atoms with van der Waals surface area (Å²) in [7, 11) is 0. The molecular weight excluding hydrogens is 276 g/mol. The molecule has 1 unspecified atom stereocenters. The third-order valence-corrected chi connectivity index (χ3v) is 3.47. The lowest BCUT2D eigenvalue weighted by Gasteiger charge is -2.08. The predicted octanol–water partition coefficient (Wildman–Crippen LogP) is 4.03. The number of hydrogen-bond donors (Lipinski definition) is 0. The van der Waals surface area contributed by atoms with Crippen LogP contribution in [-0.2, 0) is 4.79 Å². The van der Waals surface area contributed by atoms with E-state index in [4.69, 9.17) is 0 Å². The van der Waals surface area contributed by atoms with Crippen LogP contribution in [0.3, 0.4) is 0 Å². The largest absolute Gasteiger partial charge is 0.303 e. The van der Waals surface area contributed by atoms with Gasteiger partial charge in [-0.1, -0.05) is 70.5 Å². The summed E-state index contributed by atoms with van der Waals surface area (Å²) >= 11 is 3.34. The smallest absolute Gasteiger partial charge is 0.128 e. The zero-order valence-electron chi connectivity index (χ0n) is 9.34. The van der Waals surface area contributed by atoms with Crippen LogP contribution in [0.25, 0.3) is 11.1 Å². The lowest BCUT2D eigenvalue weighted by Crippen LogP contribution is -2.00. The minimum atomic E-state index is -0.0557. The van der Waals surface area contributed by atoms with Crippen molar-refractivity contribution in [2.75, 3.05) is 5.33 Å². The molecule has 2 aromatic rings. The molecule has 1 atom stereocenters. The van der Waals surface area contributed by atoms with E-state index in [-0.39, 0.29) is 5.92 Å². The van der Waals surface area contributed by atoms with Crippen molar-refractivity contribution in [2.45, 2.75) is 5.92 Å². The molecule has 0 aliphatic rings. The molecule has 2 aromatic carbocycles. The van der Waals surface area contributed by atoms with Crippen molar-refractivity contribution in [1.82, 2.24) is 0 Å². The van der Waals surface area contributed by atoms with Gasteiger partial charge < -0.3 is 4.79 Å². The number of hydrogen-bond acceptors (Lipinski definition) is 1. The van der Waals surface area contributed by atoms with Crippen molar-refractivity contribution in [3.8, 4) is 11.1 Å². The second-order valence-electron chi connectivity index (χ2n) is 3.88. The maximum absolute atomic E-state index is 10.9. The monoisotopic (exact) mass is 288 g/mol. The molecule has 0 aliphatic carbocycles. The van der Waals surface area contributed by atoms with Gasteiger partial charge in [0.25, 0.3) is 0 Å². The van der Waals surface area contributed by atoms with E-state index in [1.54, 1.807) is 0 Å². The van der Waals surface area contributed by atoms with E-state index >= 15 is 0 Å². The predicted molar refractivity (Wildman–Crippen MR) is 74.5 cm³/mol. The minimum Gasteiger partial charge on any atom is -0.303 e. The number of carbonyl (C=O) groups is 1. The summed E-state index contributed by atoms with van der Waals surface area (Å²) in [6, 6.07) is 18.4. The number of benzene rings is 2. The molecule has 86 valence electrons. The third kappa shape index (κ3) is 2.83. The van der Waals surface area contributed by atoms with Gasteiger partial charge in [-0.15, -0.1) is 0 Å². The zero-order chi connectivity index (χ0) is 12.1. The fourth-order valence-corrected chi connectivity index (χ4v) is 2.28. The molecule has 2 rings (SSSR count). The summed E-state index contributed by atoms with van der Waals surface area (Å²) in [5, 5.41) is 0.668. The highest BCUT2D eigenvalue weighted by Gasteiger charge is 2.08. The Morgan fingerprint density at radius 1 is 0.941 bits per heavy atom. The van der Waals surface area contributed by atoms with Gasteiger partial charge in [-0.3, -0.25) is 0 Å². The highest BCUT2D eigenvalue weighted by Crippen LogP contribution is 2.22. The Kier molecular flexibility index (Phi) is 4.10. The summed E-state index contributed by atoms with van der Waals surface area (Å²) in [6.07, 6.45) is 0.978. The molecule has 0 aliphatic heterocycles. The van der Waals surface area contributed by atoms with E-state index < -0.39 is 0 Å². The first-order valence-corrected chi connectivity index (χ1v) is 6.64. The topological polar surface area (TPSA) is 17.1 Å². The Morgan fingerprint density at radius 3 is 2.06 bits per heavy atom. The van der Waals surface area contributed by atoms with Gasteiger partial charge in [-0.05, 0) is 16.7 Å². The summed E-state index contributed by atoms with van der Waals surface area (Å²) in [5.41, 5.74) is 3.42. The van der Waals surface area contributed by atoms with Crippen molar-refractivity contribution in [1.29, 1.82) is 0 Å². The molecule has 0 radical (unpaired) electrons. The standard InChI is InChI=1S/C15H13BrO/c16-10-15(11-17)14-8-6-13(7-9-14)12-4-2-1-3-5-12/h1-9,11,15H,10H2. The lowest BCUT2D eigenvalue weighted by molar-refractivity contribution is -0.108. The first kappa shape index (κ1) is 12.1. The van der Waals surface area contributed by atoms with E-state index in [0.29, 0.717) is 5.33 Å². The maximum atomic E-state index is 10.9. The summed E-state index contributed by atoms with van der Waals surface area (Å²) in [4.78, 5) is 10.9. The fourth-order valence-electron chi connectivity index (χ4n) is 1.76. The van der Waals surface area contributed by atoms with Crippen LogP contribution < -0.4 is 0 Å². The van der Waals surface area contributed by atoms with E-state index in [1.807, 2.05) is 30.3 Å². The maximum Gasteiger partial charge on any atom is 0.128 e. The molecular formula is C15H13BrO. The van der Waals surface area contributed by atoms with Crippen molar-refractivity contribution in [2.24, 2.45) is 0 Å². The summed E-state index contributed by atoms with van der Waals surface area (Å²) in [5.74, 6) is -0.0557. The number of halogens is 1. The van der Waals surface area contributed by atoms with Crippen molar-refractivity contribution in [3.63, 3.8) is 0 Å². The van der Waals surface area contributed by atoms with E-state index in [1.165, 1.54) is 11.1 Å². The second-order valence-corrected chi connectivity index (χ2v) is 4.53. The molecule has 0 fully saturated rings. The lowest BCUT2D eigenvalue weighted by atomic mass is 9.98. The highest BCUT2D eigenvalue weighted by molar-refractivity contribution is 9.09. The van der Waals surface area contributed by atoms with Gasteiger partial charge in [0.05, 0.1) is 0 Å². The quantitative estimate of drug-likeness (QED) is 0.613. The molecule has 0 bridgehead atoms. The average Bonchev–Trinajstić information content (AvgIpc) is 2.42. The number of rotatable bonds is 4. The minimum absolute atomic E-state index is 0.0557. The van der Waals surface area contributed by atoms with Gasteiger partial charge in [-0.2, -0.15) is 0 Å². The van der Waals surface area contributed by atoms with Crippen LogP contribution in [0.4, 0.5) is 0 Å². The number of alkyl halides is 1. The fraction of sp³-hybridized carbons (Fsp3) is 0.133. The molecule has 0 aromatic heterocycles. The molecule has 0 amide bonds. The number of carbonyl (C=O) groups excluding carboxylic acids is 1. The summed E-state index contributed by atoms with van der Waals surface area (Å²) in [6.45, 7) is 0. The Morgan fingerprint density at radius 2 is 1.53 bits per heavy atom. The zero-order valence-corrected chi connectivity index (χ0v) is 10.9. The molecule has 1 nitrogen and oxygen atoms in total. The molecule has 17 heavy (non-hydrogen) atoms. The first-order chi connectivity index (χ1) is 8.35. The van der Waals surface area contributed by atoms with Crippen LogP contribution in [0.5, 0.6) is 0 Å². The van der Waals surface area contributed by atoms with Gasteiger partial charge in [0.2, 0.25) is 0 Å². The average molecular weight is 289 g/mol. The molecule has 0 saturated heterocycles. The summed E-state index contributed by atoms with van der Waals surface area (Å²) < 4.78 is 0. The van der Waals surface area contributed by atoms with Crippen LogP contribution in [0, 0.1) is 0 Å². The Hall–Kier alpha value is -1.41. The van der Waals surface area contributed by atoms with Gasteiger partial charge in [0.15, 0.2) is 0 Å². The van der Waals surface area contributed by atoms with Crippen molar-refractivity contribution in [3.05, 3.63) is 60.2 Å². The normalized spacial score (nSPS) is 12.1. The molecule has 0 spiro atoms. The first-order valence-electron chi connectivity index (χ1n) is 5.52. The van der Waals surface area contributed by atoms with E-state index in [2.05, 4.69) is 40.2 Å². The van der Waals surface area contributed by atoms with Crippen LogP contribution in [0.1, 0.15) is 11.5 Å². The Balaban J connectivity index is 2.27. The van der Waals surface area contributed by atoms with Gasteiger partial charge in [0.1, 0.15) is 6.29 Å². The van der Waals surface area contributed by atoms with E-state index in [9.17, 15) is 4.79 Å². The van der Waals surface area contributed by atoms with Crippen LogP contribution in [-0.4, -0.2) is 11.6 Å². The molecule has 0 N–H and O–H groups in total. The molecule has 0 heterocycles. The highest BCUT2D eigenvalue weighted by atomic mass is 79.9. The number of aldehydes is 1. The Bertz CT molecular complexity index is 476. The SMILES string of the molecule is O=CC(CBr)c1ccc(-c2ccccc2)cc1. The van der Waals surface area contributed by atoms with Crippen molar-refractivity contribution >= 4 is 22.2 Å². The van der Waals surface area contributed by atoms with Crippen LogP contribution >= 0.6 is 15.9 Å². The second kappa shape index (κ2) is 5.78. The molecule has 2 heteroatoms. The Labute approximate surface area is 110 Å². The van der Waals surface area contributed by atoms with Gasteiger partial charge in [-0.25, -0.2) is 0 Å². The third-order valence-electron chi connectivity index (χ3n) is 2.78. The van der Waals surface area contributed by atoms with Crippen LogP contribution in [0.15, 0.2) is 54.6 Å². The van der Waals surface area contributed by atoms with E-state index in [0.717, 1.165) is 11.8 Å². The molecule has 0 saturated carbocycles. The van der Waals surface area contributed by atoms with Crippen LogP contribution in [0.2, 0.25) is 0 Å².